The molecule has 4 aromatic carbocycles. The number of fused-ring (bicyclic) bond motifs is 1. The van der Waals surface area contributed by atoms with E-state index in [1.807, 2.05) is 71.4 Å². The summed E-state index contributed by atoms with van der Waals surface area (Å²) in [5, 5.41) is 20.6. The second-order valence-corrected chi connectivity index (χ2v) is 17.3. The highest BCUT2D eigenvalue weighted by atomic mass is 35.5. The number of hydrogen-bond acceptors (Lipinski definition) is 16. The molecule has 3 aromatic heterocycles. The predicted molar refractivity (Wildman–Crippen MR) is 275 cm³/mol. The number of nitrogens with two attached hydrogens (primary N) is 2. The van der Waals surface area contributed by atoms with Crippen molar-refractivity contribution in [1.29, 1.82) is 0 Å². The Morgan fingerprint density at radius 1 is 0.657 bits per heavy atom. The number of piperidine rings is 2. The Morgan fingerprint density at radius 3 is 1.84 bits per heavy atom. The number of anilines is 6. The van der Waals surface area contributed by atoms with Crippen molar-refractivity contribution < 1.29 is 18.8 Å². The Morgan fingerprint density at radius 2 is 1.24 bits per heavy atom. The number of aromatic nitrogens is 6. The van der Waals surface area contributed by atoms with Gasteiger partial charge in [0.2, 0.25) is 0 Å². The van der Waals surface area contributed by atoms with Crippen LogP contribution in [0, 0.1) is 5.82 Å². The van der Waals surface area contributed by atoms with Gasteiger partial charge in [-0.25, -0.2) is 24.3 Å². The van der Waals surface area contributed by atoms with Crippen molar-refractivity contribution in [3.63, 3.8) is 0 Å². The van der Waals surface area contributed by atoms with E-state index in [-0.39, 0.29) is 5.82 Å². The second-order valence-electron chi connectivity index (χ2n) is 16.9. The van der Waals surface area contributed by atoms with E-state index in [9.17, 15) is 4.39 Å². The zero-order chi connectivity index (χ0) is 48.3. The molecule has 7 aromatic rings. The third kappa shape index (κ3) is 14.3. The summed E-state index contributed by atoms with van der Waals surface area (Å²) in [5.41, 5.74) is 17.7. The first-order chi connectivity index (χ1) is 34.3. The summed E-state index contributed by atoms with van der Waals surface area (Å²) in [7, 11) is 0. The Bertz CT molecular complexity index is 2820. The molecule has 0 radical (unpaired) electrons. The van der Waals surface area contributed by atoms with Crippen LogP contribution >= 0.6 is 11.6 Å². The molecule has 5 heterocycles. The lowest BCUT2D eigenvalue weighted by Crippen LogP contribution is -2.32. The number of benzene rings is 4. The second kappa shape index (κ2) is 25.3. The van der Waals surface area contributed by atoms with Gasteiger partial charge in [-0.1, -0.05) is 77.2 Å². The molecule has 2 saturated heterocycles. The van der Waals surface area contributed by atoms with Gasteiger partial charge in [0.25, 0.3) is 0 Å². The summed E-state index contributed by atoms with van der Waals surface area (Å²) in [4.78, 5) is 32.5. The lowest BCUT2D eigenvalue weighted by Gasteiger charge is -2.25. The van der Waals surface area contributed by atoms with Crippen LogP contribution in [0.2, 0.25) is 5.02 Å². The summed E-state index contributed by atoms with van der Waals surface area (Å²) < 4.78 is 21.2. The van der Waals surface area contributed by atoms with Crippen LogP contribution in [0.1, 0.15) is 60.8 Å². The van der Waals surface area contributed by atoms with Crippen LogP contribution < -0.4 is 26.8 Å². The van der Waals surface area contributed by atoms with Gasteiger partial charge in [0.05, 0.1) is 46.8 Å². The SMILES string of the molecule is Nc1ncnc(Nc2ccc(OCc3ccccc3)c(Cl)c2)c1/C=N/OCCN1CCCCC1.Nc1ncnc(Nc2ccc3c(cnn3Cc3cccc(F)c3)c2)c1/C=N/OCCN1CCCCC1. The van der Waals surface area contributed by atoms with Crippen LogP contribution in [-0.4, -0.2) is 104 Å². The highest BCUT2D eigenvalue weighted by Crippen LogP contribution is 2.31. The first-order valence-corrected chi connectivity index (χ1v) is 23.9. The first kappa shape index (κ1) is 49.0. The molecule has 19 heteroatoms. The molecular formula is C51H58ClFN14O3. The third-order valence-electron chi connectivity index (χ3n) is 11.8. The fourth-order valence-electron chi connectivity index (χ4n) is 8.07. The molecule has 0 bridgehead atoms. The highest BCUT2D eigenvalue weighted by Gasteiger charge is 2.14. The summed E-state index contributed by atoms with van der Waals surface area (Å²) in [5.74, 6) is 1.98. The van der Waals surface area contributed by atoms with E-state index in [1.54, 1.807) is 24.5 Å². The Balaban J connectivity index is 0.000000189. The van der Waals surface area contributed by atoms with Gasteiger partial charge >= 0.3 is 0 Å². The number of nitrogen functional groups attached to an aromatic ring is 2. The normalized spacial score (nSPS) is 14.4. The summed E-state index contributed by atoms with van der Waals surface area (Å²) in [6.07, 6.45) is 15.3. The minimum Gasteiger partial charge on any atom is -0.487 e. The molecule has 6 N–H and O–H groups in total. The minimum absolute atomic E-state index is 0.258. The monoisotopic (exact) mass is 968 g/mol. The van der Waals surface area contributed by atoms with Crippen molar-refractivity contribution in [2.75, 3.05) is 74.6 Å². The molecule has 2 aliphatic heterocycles. The lowest BCUT2D eigenvalue weighted by atomic mass is 10.1. The van der Waals surface area contributed by atoms with E-state index in [0.29, 0.717) is 71.5 Å². The van der Waals surface area contributed by atoms with Crippen molar-refractivity contribution in [3.8, 4) is 5.75 Å². The number of hydrogen-bond donors (Lipinski definition) is 4. The van der Waals surface area contributed by atoms with Crippen molar-refractivity contribution >= 4 is 69.6 Å². The van der Waals surface area contributed by atoms with Gasteiger partial charge < -0.3 is 36.5 Å². The molecular weight excluding hydrogens is 911 g/mol. The van der Waals surface area contributed by atoms with E-state index in [2.05, 4.69) is 55.8 Å². The van der Waals surface area contributed by atoms with Crippen LogP contribution in [0.4, 0.5) is 39.0 Å². The third-order valence-corrected chi connectivity index (χ3v) is 12.1. The maximum atomic E-state index is 13.5. The number of ether oxygens (including phenoxy) is 1. The number of halogens is 2. The lowest BCUT2D eigenvalue weighted by molar-refractivity contribution is 0.103. The first-order valence-electron chi connectivity index (χ1n) is 23.5. The number of oxime groups is 2. The van der Waals surface area contributed by atoms with Gasteiger partial charge in [-0.15, -0.1) is 0 Å². The smallest absolute Gasteiger partial charge is 0.144 e. The highest BCUT2D eigenvalue weighted by molar-refractivity contribution is 6.32. The summed E-state index contributed by atoms with van der Waals surface area (Å²) in [6, 6.07) is 27.8. The number of likely N-dealkylation sites (tertiary alicyclic amines) is 2. The largest absolute Gasteiger partial charge is 0.487 e. The van der Waals surface area contributed by atoms with Crippen molar-refractivity contribution in [1.82, 2.24) is 39.5 Å². The van der Waals surface area contributed by atoms with Gasteiger partial charge in [0.15, 0.2) is 0 Å². The Hall–Kier alpha value is -7.41. The van der Waals surface area contributed by atoms with Crippen LogP contribution in [-0.2, 0) is 22.8 Å². The maximum Gasteiger partial charge on any atom is 0.144 e. The Labute approximate surface area is 411 Å². The van der Waals surface area contributed by atoms with Gasteiger partial charge in [0, 0.05) is 29.9 Å². The van der Waals surface area contributed by atoms with E-state index < -0.39 is 0 Å². The van der Waals surface area contributed by atoms with Crippen molar-refractivity contribution in [3.05, 3.63) is 143 Å². The van der Waals surface area contributed by atoms with E-state index in [1.165, 1.54) is 69.5 Å². The molecule has 0 spiro atoms. The van der Waals surface area contributed by atoms with E-state index in [4.69, 9.17) is 37.5 Å². The zero-order valence-corrected chi connectivity index (χ0v) is 39.7. The molecule has 2 fully saturated rings. The van der Waals surface area contributed by atoms with Gasteiger partial charge in [0.1, 0.15) is 67.3 Å². The molecule has 0 unspecified atom stereocenters. The van der Waals surface area contributed by atoms with E-state index >= 15 is 0 Å². The van der Waals surface area contributed by atoms with Crippen LogP contribution in [0.25, 0.3) is 10.9 Å². The fourth-order valence-corrected chi connectivity index (χ4v) is 8.30. The molecule has 0 atom stereocenters. The van der Waals surface area contributed by atoms with E-state index in [0.717, 1.165) is 72.7 Å². The number of nitrogens with zero attached hydrogens (tertiary/aromatic N) is 10. The van der Waals surface area contributed by atoms with Crippen molar-refractivity contribution in [2.45, 2.75) is 51.7 Å². The molecule has 364 valence electrons. The molecule has 17 nitrogen and oxygen atoms in total. The van der Waals surface area contributed by atoms with Crippen LogP contribution in [0.15, 0.2) is 120 Å². The van der Waals surface area contributed by atoms with Crippen LogP contribution in [0.3, 0.4) is 0 Å². The molecule has 0 amide bonds. The summed E-state index contributed by atoms with van der Waals surface area (Å²) >= 11 is 6.44. The number of nitrogens with one attached hydrogen (secondary N) is 2. The van der Waals surface area contributed by atoms with Gasteiger partial charge in [-0.2, -0.15) is 5.10 Å². The van der Waals surface area contributed by atoms with Gasteiger partial charge in [-0.05, 0) is 112 Å². The molecule has 0 saturated carbocycles. The molecule has 0 aliphatic carbocycles. The molecule has 9 rings (SSSR count). The predicted octanol–water partition coefficient (Wildman–Crippen LogP) is 9.05. The molecule has 2 aliphatic rings. The molecule has 70 heavy (non-hydrogen) atoms. The Kier molecular flexibility index (Phi) is 17.7. The quantitative estimate of drug-likeness (QED) is 0.0339. The van der Waals surface area contributed by atoms with Gasteiger partial charge in [-0.3, -0.25) is 14.5 Å². The summed E-state index contributed by atoms with van der Waals surface area (Å²) in [6.45, 7) is 8.16. The average molecular weight is 970 g/mol. The maximum absolute atomic E-state index is 13.5. The average Bonchev–Trinajstić information content (AvgIpc) is 3.77. The van der Waals surface area contributed by atoms with Crippen molar-refractivity contribution in [2.24, 2.45) is 10.3 Å². The topological polar surface area (TPSA) is 204 Å². The number of rotatable bonds is 19. The fraction of sp³-hybridized carbons (Fsp3) is 0.314. The van der Waals surface area contributed by atoms with Crippen LogP contribution in [0.5, 0.6) is 5.75 Å². The standard InChI is InChI=1S/C26H29FN8O.C25H29ClN6O2/c27-21-6-4-5-19(13-21)17-35-24-8-7-22(14-20(24)15-31-35)33-26-23(25(28)29-18-30-26)16-32-36-12-11-34-9-2-1-3-10-34;26-22-15-20(9-10-23(22)33-17-19-7-3-1-4-8-19)31-25-21(24(27)28-18-29-25)16-30-34-14-13-32-11-5-2-6-12-32/h4-8,13-16,18H,1-3,9-12,17H2,(H3,28,29,30,33);1,3-4,7-10,15-16,18H,2,5-6,11-14,17H2,(H3,27,28,29,31)/b32-16+;30-16+. The minimum atomic E-state index is -0.258. The zero-order valence-electron chi connectivity index (χ0n) is 39.0.